The summed E-state index contributed by atoms with van der Waals surface area (Å²) in [6.45, 7) is 1.56. The molecule has 2 aromatic rings. The first-order valence-corrected chi connectivity index (χ1v) is 8.16. The van der Waals surface area contributed by atoms with Crippen molar-refractivity contribution >= 4 is 23.4 Å². The van der Waals surface area contributed by atoms with E-state index in [1.54, 1.807) is 18.5 Å². The van der Waals surface area contributed by atoms with Crippen LogP contribution in [0.3, 0.4) is 0 Å². The molecule has 1 aliphatic rings. The highest BCUT2D eigenvalue weighted by Crippen LogP contribution is 2.23. The predicted octanol–water partition coefficient (Wildman–Crippen LogP) is 3.01. The molecule has 0 radical (unpaired) electrons. The summed E-state index contributed by atoms with van der Waals surface area (Å²) < 4.78 is 5.68. The Morgan fingerprint density at radius 2 is 2.29 bits per heavy atom. The molecule has 1 aromatic carbocycles. The SMILES string of the molecule is O=C(O)C1CCCN(c2cncc(OCc3cccc(Cl)c3)n2)C1. The third-order valence-corrected chi connectivity index (χ3v) is 4.21. The molecule has 0 amide bonds. The highest BCUT2D eigenvalue weighted by molar-refractivity contribution is 6.30. The maximum Gasteiger partial charge on any atom is 0.308 e. The van der Waals surface area contributed by atoms with Gasteiger partial charge in [-0.2, -0.15) is 4.98 Å². The van der Waals surface area contributed by atoms with Gasteiger partial charge in [0.1, 0.15) is 6.61 Å². The van der Waals surface area contributed by atoms with E-state index in [1.807, 2.05) is 23.1 Å². The quantitative estimate of drug-likeness (QED) is 0.896. The van der Waals surface area contributed by atoms with Crippen molar-refractivity contribution < 1.29 is 14.6 Å². The normalized spacial score (nSPS) is 17.5. The van der Waals surface area contributed by atoms with Gasteiger partial charge in [0.25, 0.3) is 0 Å². The Labute approximate surface area is 145 Å². The predicted molar refractivity (Wildman–Crippen MR) is 90.4 cm³/mol. The zero-order valence-corrected chi connectivity index (χ0v) is 13.8. The fraction of sp³-hybridized carbons (Fsp3) is 0.353. The molecule has 7 heteroatoms. The third-order valence-electron chi connectivity index (χ3n) is 3.97. The molecule has 1 fully saturated rings. The topological polar surface area (TPSA) is 75.5 Å². The number of carboxylic acid groups (broad SMARTS) is 1. The Balaban J connectivity index is 1.66. The summed E-state index contributed by atoms with van der Waals surface area (Å²) in [5, 5.41) is 9.85. The van der Waals surface area contributed by atoms with Crippen molar-refractivity contribution in [1.82, 2.24) is 9.97 Å². The van der Waals surface area contributed by atoms with Crippen LogP contribution in [-0.4, -0.2) is 34.1 Å². The lowest BCUT2D eigenvalue weighted by Crippen LogP contribution is -2.39. The Morgan fingerprint density at radius 3 is 3.08 bits per heavy atom. The Hall–Kier alpha value is -2.34. The molecule has 1 aliphatic heterocycles. The fourth-order valence-electron chi connectivity index (χ4n) is 2.73. The van der Waals surface area contributed by atoms with Gasteiger partial charge in [0.05, 0.1) is 18.3 Å². The molecule has 6 nitrogen and oxygen atoms in total. The van der Waals surface area contributed by atoms with E-state index >= 15 is 0 Å². The number of hydrogen-bond acceptors (Lipinski definition) is 5. The molecule has 1 atom stereocenters. The van der Waals surface area contributed by atoms with Crippen LogP contribution in [0.25, 0.3) is 0 Å². The van der Waals surface area contributed by atoms with Gasteiger partial charge in [0, 0.05) is 18.1 Å². The van der Waals surface area contributed by atoms with Crippen LogP contribution >= 0.6 is 11.6 Å². The summed E-state index contributed by atoms with van der Waals surface area (Å²) in [6.07, 6.45) is 4.71. The number of rotatable bonds is 5. The summed E-state index contributed by atoms with van der Waals surface area (Å²) >= 11 is 5.95. The van der Waals surface area contributed by atoms with Gasteiger partial charge < -0.3 is 14.7 Å². The minimum absolute atomic E-state index is 0.344. The van der Waals surface area contributed by atoms with Gasteiger partial charge in [0.2, 0.25) is 5.88 Å². The van der Waals surface area contributed by atoms with Crippen LogP contribution in [0.2, 0.25) is 5.02 Å². The van der Waals surface area contributed by atoms with Crippen LogP contribution in [0, 0.1) is 5.92 Å². The van der Waals surface area contributed by atoms with Crippen LogP contribution in [-0.2, 0) is 11.4 Å². The van der Waals surface area contributed by atoms with Gasteiger partial charge in [-0.1, -0.05) is 23.7 Å². The van der Waals surface area contributed by atoms with Gasteiger partial charge in [-0.3, -0.25) is 9.78 Å². The molecule has 1 unspecified atom stereocenters. The van der Waals surface area contributed by atoms with E-state index in [0.29, 0.717) is 36.3 Å². The zero-order valence-electron chi connectivity index (χ0n) is 13.1. The van der Waals surface area contributed by atoms with Gasteiger partial charge in [-0.25, -0.2) is 0 Å². The molecule has 0 aliphatic carbocycles. The maximum absolute atomic E-state index is 11.2. The average Bonchev–Trinajstić information content (AvgIpc) is 2.60. The fourth-order valence-corrected chi connectivity index (χ4v) is 2.94. The van der Waals surface area contributed by atoms with Crippen LogP contribution in [0.4, 0.5) is 5.82 Å². The third kappa shape index (κ3) is 4.14. The van der Waals surface area contributed by atoms with Gasteiger partial charge in [0.15, 0.2) is 5.82 Å². The highest BCUT2D eigenvalue weighted by atomic mass is 35.5. The summed E-state index contributed by atoms with van der Waals surface area (Å²) in [6, 6.07) is 7.43. The molecule has 2 heterocycles. The van der Waals surface area contributed by atoms with Crippen molar-refractivity contribution in [1.29, 1.82) is 0 Å². The number of halogens is 1. The number of benzene rings is 1. The van der Waals surface area contributed by atoms with E-state index < -0.39 is 5.97 Å². The van der Waals surface area contributed by atoms with E-state index in [4.69, 9.17) is 16.3 Å². The molecule has 1 saturated heterocycles. The number of carbonyl (C=O) groups is 1. The van der Waals surface area contributed by atoms with E-state index in [9.17, 15) is 9.90 Å². The van der Waals surface area contributed by atoms with Crippen molar-refractivity contribution in [3.8, 4) is 5.88 Å². The number of hydrogen-bond donors (Lipinski definition) is 1. The van der Waals surface area contributed by atoms with Crippen molar-refractivity contribution in [3.05, 3.63) is 47.2 Å². The monoisotopic (exact) mass is 347 g/mol. The van der Waals surface area contributed by atoms with Gasteiger partial charge >= 0.3 is 5.97 Å². The Morgan fingerprint density at radius 1 is 1.42 bits per heavy atom. The molecule has 1 aromatic heterocycles. The number of ether oxygens (including phenoxy) is 1. The number of anilines is 1. The molecule has 24 heavy (non-hydrogen) atoms. The molecular formula is C17H18ClN3O3. The molecule has 3 rings (SSSR count). The zero-order chi connectivity index (χ0) is 16.9. The first-order valence-electron chi connectivity index (χ1n) is 7.79. The second-order valence-corrected chi connectivity index (χ2v) is 6.19. The van der Waals surface area contributed by atoms with E-state index in [1.165, 1.54) is 0 Å². The standard InChI is InChI=1S/C17H18ClN3O3/c18-14-5-1-3-12(7-14)11-24-16-9-19-8-15(20-16)21-6-2-4-13(10-21)17(22)23/h1,3,5,7-9,13H,2,4,6,10-11H2,(H,22,23). The first kappa shape index (κ1) is 16.5. The second-order valence-electron chi connectivity index (χ2n) is 5.76. The summed E-state index contributed by atoms with van der Waals surface area (Å²) in [5.74, 6) is -0.0768. The van der Waals surface area contributed by atoms with Gasteiger partial charge in [-0.05, 0) is 30.5 Å². The Bertz CT molecular complexity index is 726. The summed E-state index contributed by atoms with van der Waals surface area (Å²) in [4.78, 5) is 21.7. The average molecular weight is 348 g/mol. The smallest absolute Gasteiger partial charge is 0.308 e. The van der Waals surface area contributed by atoms with E-state index in [-0.39, 0.29) is 5.92 Å². The number of aromatic nitrogens is 2. The lowest BCUT2D eigenvalue weighted by atomic mass is 9.98. The van der Waals surface area contributed by atoms with Crippen molar-refractivity contribution in [3.63, 3.8) is 0 Å². The lowest BCUT2D eigenvalue weighted by molar-refractivity contribution is -0.141. The van der Waals surface area contributed by atoms with Crippen LogP contribution in [0.5, 0.6) is 5.88 Å². The molecule has 0 saturated carbocycles. The number of nitrogens with zero attached hydrogens (tertiary/aromatic N) is 3. The van der Waals surface area contributed by atoms with Crippen molar-refractivity contribution in [2.45, 2.75) is 19.4 Å². The van der Waals surface area contributed by atoms with E-state index in [2.05, 4.69) is 9.97 Å². The molecule has 1 N–H and O–H groups in total. The summed E-state index contributed by atoms with van der Waals surface area (Å²) in [5.41, 5.74) is 0.943. The number of carboxylic acids is 1. The van der Waals surface area contributed by atoms with Crippen LogP contribution < -0.4 is 9.64 Å². The highest BCUT2D eigenvalue weighted by Gasteiger charge is 2.26. The maximum atomic E-state index is 11.2. The van der Waals surface area contributed by atoms with Crippen molar-refractivity contribution in [2.75, 3.05) is 18.0 Å². The molecule has 126 valence electrons. The minimum atomic E-state index is -0.763. The minimum Gasteiger partial charge on any atom is -0.481 e. The summed E-state index contributed by atoms with van der Waals surface area (Å²) in [7, 11) is 0. The van der Waals surface area contributed by atoms with Gasteiger partial charge in [-0.15, -0.1) is 0 Å². The van der Waals surface area contributed by atoms with Crippen LogP contribution in [0.15, 0.2) is 36.7 Å². The Kier molecular flexibility index (Phi) is 5.15. The van der Waals surface area contributed by atoms with Crippen LogP contribution in [0.1, 0.15) is 18.4 Å². The first-order chi connectivity index (χ1) is 11.6. The lowest BCUT2D eigenvalue weighted by Gasteiger charge is -2.31. The number of piperidine rings is 1. The largest absolute Gasteiger partial charge is 0.481 e. The number of aliphatic carboxylic acids is 1. The molecule has 0 bridgehead atoms. The molecular weight excluding hydrogens is 330 g/mol. The second kappa shape index (κ2) is 7.49. The van der Waals surface area contributed by atoms with E-state index in [0.717, 1.165) is 18.5 Å². The van der Waals surface area contributed by atoms with Crippen molar-refractivity contribution in [2.24, 2.45) is 5.92 Å². The molecule has 0 spiro atoms.